The van der Waals surface area contributed by atoms with Crippen molar-refractivity contribution < 1.29 is 9.59 Å². The van der Waals surface area contributed by atoms with Crippen molar-refractivity contribution in [2.75, 3.05) is 19.6 Å². The van der Waals surface area contributed by atoms with Crippen molar-refractivity contribution in [3.63, 3.8) is 0 Å². The zero-order chi connectivity index (χ0) is 18.4. The molecule has 144 valence electrons. The summed E-state index contributed by atoms with van der Waals surface area (Å²) in [5.74, 6) is 0.758. The molecule has 0 spiro atoms. The lowest BCUT2D eigenvalue weighted by molar-refractivity contribution is -0.137. The Hall–Kier alpha value is -1.88. The molecule has 2 atom stereocenters. The van der Waals surface area contributed by atoms with Crippen molar-refractivity contribution in [3.05, 3.63) is 34.9 Å². The van der Waals surface area contributed by atoms with Gasteiger partial charge in [-0.1, -0.05) is 25.3 Å². The van der Waals surface area contributed by atoms with Gasteiger partial charge in [0.15, 0.2) is 0 Å². The summed E-state index contributed by atoms with van der Waals surface area (Å²) in [6.07, 6.45) is 7.74. The van der Waals surface area contributed by atoms with E-state index in [4.69, 9.17) is 0 Å². The smallest absolute Gasteiger partial charge is 0.254 e. The maximum absolute atomic E-state index is 12.9. The highest BCUT2D eigenvalue weighted by Crippen LogP contribution is 2.29. The van der Waals surface area contributed by atoms with Crippen LogP contribution in [0.1, 0.15) is 60.0 Å². The Morgan fingerprint density at radius 2 is 1.93 bits per heavy atom. The molecule has 1 aliphatic carbocycles. The number of hydrogen-bond donors (Lipinski definition) is 1. The van der Waals surface area contributed by atoms with Gasteiger partial charge in [-0.25, -0.2) is 0 Å². The van der Waals surface area contributed by atoms with Crippen LogP contribution in [0.15, 0.2) is 18.2 Å². The van der Waals surface area contributed by atoms with Crippen LogP contribution in [0.3, 0.4) is 0 Å². The molecule has 0 radical (unpaired) electrons. The molecular weight excluding hydrogens is 338 g/mol. The minimum atomic E-state index is 0.174. The van der Waals surface area contributed by atoms with E-state index >= 15 is 0 Å². The molecule has 0 aromatic heterocycles. The van der Waals surface area contributed by atoms with Crippen molar-refractivity contribution in [1.29, 1.82) is 0 Å². The number of carbonyl (C=O) groups excluding carboxylic acids is 2. The number of nitrogens with zero attached hydrogens (tertiary/aromatic N) is 2. The summed E-state index contributed by atoms with van der Waals surface area (Å²) >= 11 is 0. The molecule has 4 aliphatic rings. The van der Waals surface area contributed by atoms with Gasteiger partial charge < -0.3 is 15.1 Å². The third kappa shape index (κ3) is 3.16. The zero-order valence-corrected chi connectivity index (χ0v) is 16.0. The lowest BCUT2D eigenvalue weighted by atomic mass is 9.87. The van der Waals surface area contributed by atoms with Gasteiger partial charge >= 0.3 is 0 Å². The first-order valence-corrected chi connectivity index (χ1v) is 10.6. The van der Waals surface area contributed by atoms with Crippen LogP contribution in [0, 0.1) is 5.92 Å². The first kappa shape index (κ1) is 17.2. The van der Waals surface area contributed by atoms with Crippen LogP contribution in [0.25, 0.3) is 0 Å². The summed E-state index contributed by atoms with van der Waals surface area (Å²) in [7, 11) is 0. The number of fused-ring (bicyclic) bond motifs is 3. The first-order chi connectivity index (χ1) is 13.2. The van der Waals surface area contributed by atoms with Crippen molar-refractivity contribution in [3.8, 4) is 0 Å². The molecular formula is C22H29N3O2. The van der Waals surface area contributed by atoms with E-state index in [1.807, 2.05) is 15.9 Å². The summed E-state index contributed by atoms with van der Waals surface area (Å²) in [5.41, 5.74) is 3.27. The minimum absolute atomic E-state index is 0.174. The third-order valence-corrected chi connectivity index (χ3v) is 7.05. The summed E-state index contributed by atoms with van der Waals surface area (Å²) in [6.45, 7) is 3.26. The van der Waals surface area contributed by atoms with Crippen LogP contribution in [-0.2, 0) is 17.8 Å². The molecule has 1 aromatic rings. The molecule has 2 saturated heterocycles. The Morgan fingerprint density at radius 1 is 1.07 bits per heavy atom. The van der Waals surface area contributed by atoms with Crippen LogP contribution >= 0.6 is 0 Å². The predicted molar refractivity (Wildman–Crippen MR) is 103 cm³/mol. The van der Waals surface area contributed by atoms with Gasteiger partial charge in [0.1, 0.15) is 0 Å². The Morgan fingerprint density at radius 3 is 2.67 bits per heavy atom. The second-order valence-electron chi connectivity index (χ2n) is 8.78. The Kier molecular flexibility index (Phi) is 4.43. The molecule has 2 amide bonds. The Bertz CT molecular complexity index is 756. The predicted octanol–water partition coefficient (Wildman–Crippen LogP) is 2.34. The van der Waals surface area contributed by atoms with E-state index in [2.05, 4.69) is 17.4 Å². The van der Waals surface area contributed by atoms with Crippen molar-refractivity contribution in [2.24, 2.45) is 5.92 Å². The highest BCUT2D eigenvalue weighted by molar-refractivity contribution is 5.95. The number of carbonyl (C=O) groups is 2. The van der Waals surface area contributed by atoms with Crippen molar-refractivity contribution in [1.82, 2.24) is 15.1 Å². The summed E-state index contributed by atoms with van der Waals surface area (Å²) < 4.78 is 0. The molecule has 5 rings (SSSR count). The number of likely N-dealkylation sites (tertiary alicyclic amines) is 1. The van der Waals surface area contributed by atoms with Gasteiger partial charge in [0.25, 0.3) is 5.91 Å². The zero-order valence-electron chi connectivity index (χ0n) is 16.0. The average Bonchev–Trinajstić information content (AvgIpc) is 3.36. The Balaban J connectivity index is 1.28. The topological polar surface area (TPSA) is 52.7 Å². The first-order valence-electron chi connectivity index (χ1n) is 10.6. The normalized spacial score (nSPS) is 27.7. The molecule has 5 heteroatoms. The lowest BCUT2D eigenvalue weighted by Gasteiger charge is -2.33. The molecule has 3 aliphatic heterocycles. The van der Waals surface area contributed by atoms with E-state index in [1.165, 1.54) is 30.4 Å². The van der Waals surface area contributed by atoms with E-state index in [-0.39, 0.29) is 11.8 Å². The minimum Gasteiger partial charge on any atom is -0.338 e. The van der Waals surface area contributed by atoms with Gasteiger partial charge in [0, 0.05) is 49.7 Å². The number of piperazine rings is 1. The van der Waals surface area contributed by atoms with Crippen LogP contribution in [-0.4, -0.2) is 53.3 Å². The molecule has 1 N–H and O–H groups in total. The maximum Gasteiger partial charge on any atom is 0.254 e. The van der Waals surface area contributed by atoms with E-state index in [0.717, 1.165) is 50.9 Å². The van der Waals surface area contributed by atoms with Gasteiger partial charge in [0.2, 0.25) is 5.91 Å². The van der Waals surface area contributed by atoms with Gasteiger partial charge in [-0.3, -0.25) is 9.59 Å². The average molecular weight is 367 g/mol. The molecule has 5 nitrogen and oxygen atoms in total. The van der Waals surface area contributed by atoms with Crippen molar-refractivity contribution in [2.45, 2.75) is 63.6 Å². The fraction of sp³-hybridized carbons (Fsp3) is 0.636. The number of rotatable bonds is 2. The van der Waals surface area contributed by atoms with Crippen LogP contribution in [0.2, 0.25) is 0 Å². The molecule has 3 fully saturated rings. The van der Waals surface area contributed by atoms with E-state index < -0.39 is 0 Å². The highest BCUT2D eigenvalue weighted by Gasteiger charge is 2.40. The maximum atomic E-state index is 12.9. The number of nitrogens with one attached hydrogen (secondary N) is 1. The molecule has 2 bridgehead atoms. The van der Waals surface area contributed by atoms with Gasteiger partial charge in [-0.05, 0) is 48.9 Å². The summed E-state index contributed by atoms with van der Waals surface area (Å²) in [5, 5.41) is 3.45. The SMILES string of the molecule is O=C(C1CCCCC1)N1CCc2cc(C(=O)N3CC4CC3CN4)ccc2C1. The third-order valence-electron chi connectivity index (χ3n) is 7.05. The molecule has 3 heterocycles. The van der Waals surface area contributed by atoms with E-state index in [1.54, 1.807) is 0 Å². The fourth-order valence-electron chi connectivity index (χ4n) is 5.46. The number of amides is 2. The number of hydrogen-bond acceptors (Lipinski definition) is 3. The van der Waals surface area contributed by atoms with E-state index in [9.17, 15) is 9.59 Å². The monoisotopic (exact) mass is 367 g/mol. The fourth-order valence-corrected chi connectivity index (χ4v) is 5.46. The summed E-state index contributed by atoms with van der Waals surface area (Å²) in [4.78, 5) is 29.9. The van der Waals surface area contributed by atoms with Gasteiger partial charge in [-0.15, -0.1) is 0 Å². The van der Waals surface area contributed by atoms with Crippen LogP contribution in [0.4, 0.5) is 0 Å². The molecule has 1 saturated carbocycles. The summed E-state index contributed by atoms with van der Waals surface area (Å²) in [6, 6.07) is 6.97. The Labute approximate surface area is 161 Å². The van der Waals surface area contributed by atoms with Crippen LogP contribution < -0.4 is 5.32 Å². The molecule has 27 heavy (non-hydrogen) atoms. The second kappa shape index (κ2) is 6.93. The van der Waals surface area contributed by atoms with Crippen molar-refractivity contribution >= 4 is 11.8 Å². The van der Waals surface area contributed by atoms with Gasteiger partial charge in [-0.2, -0.15) is 0 Å². The highest BCUT2D eigenvalue weighted by atomic mass is 16.2. The lowest BCUT2D eigenvalue weighted by Crippen LogP contribution is -2.46. The molecule has 1 aromatic carbocycles. The van der Waals surface area contributed by atoms with Gasteiger partial charge in [0.05, 0.1) is 0 Å². The molecule has 2 unspecified atom stereocenters. The van der Waals surface area contributed by atoms with Crippen LogP contribution in [0.5, 0.6) is 0 Å². The largest absolute Gasteiger partial charge is 0.338 e. The second-order valence-corrected chi connectivity index (χ2v) is 8.78. The quantitative estimate of drug-likeness (QED) is 0.873. The van der Waals surface area contributed by atoms with E-state index in [0.29, 0.717) is 24.5 Å². The standard InChI is InChI=1S/C22H29N3O2/c26-21(15-4-2-1-3-5-15)24-9-8-16-10-17(6-7-18(16)13-24)22(27)25-14-19-11-20(25)12-23-19/h6-7,10,15,19-20,23H,1-5,8-9,11-14H2. The number of benzene rings is 1.